The van der Waals surface area contributed by atoms with E-state index in [4.69, 9.17) is 9.47 Å². The summed E-state index contributed by atoms with van der Waals surface area (Å²) in [6.45, 7) is 4.10. The molecule has 0 bridgehead atoms. The Balaban J connectivity index is 1.41. The summed E-state index contributed by atoms with van der Waals surface area (Å²) in [5, 5.41) is 0.889. The van der Waals surface area contributed by atoms with Crippen molar-refractivity contribution in [2.24, 2.45) is 0 Å². The number of carbonyl (C=O) groups is 2. The molecule has 1 atom stereocenters. The summed E-state index contributed by atoms with van der Waals surface area (Å²) in [5.41, 5.74) is 5.74. The number of aryl methyl sites for hydroxylation is 1. The number of hydrogen-bond acceptors (Lipinski definition) is 6. The molecule has 7 nitrogen and oxygen atoms in total. The Kier molecular flexibility index (Phi) is 7.02. The van der Waals surface area contributed by atoms with Crippen LogP contribution in [0.5, 0.6) is 11.5 Å². The fourth-order valence-corrected chi connectivity index (χ4v) is 3.55. The van der Waals surface area contributed by atoms with Gasteiger partial charge in [-0.1, -0.05) is 12.1 Å². The summed E-state index contributed by atoms with van der Waals surface area (Å²) in [5.74, 6) is 0.550. The number of hydrogen-bond donors (Lipinski definition) is 2. The number of aromatic nitrogens is 1. The summed E-state index contributed by atoms with van der Waals surface area (Å²) in [6, 6.07) is 14.8. The Morgan fingerprint density at radius 3 is 2.52 bits per heavy atom. The fourth-order valence-electron chi connectivity index (χ4n) is 2.58. The summed E-state index contributed by atoms with van der Waals surface area (Å²) in [7, 11) is 0. The smallest absolute Gasteiger partial charge is 0.279 e. The van der Waals surface area contributed by atoms with Crippen LogP contribution in [0.15, 0.2) is 48.5 Å². The van der Waals surface area contributed by atoms with Gasteiger partial charge in [-0.05, 0) is 50.2 Å². The number of rotatable bonds is 8. The molecule has 29 heavy (non-hydrogen) atoms. The minimum absolute atomic E-state index is 0.230. The number of carbonyl (C=O) groups excluding carboxylic acids is 2. The van der Waals surface area contributed by atoms with E-state index in [1.54, 1.807) is 42.5 Å². The van der Waals surface area contributed by atoms with Crippen LogP contribution in [0.25, 0.3) is 10.2 Å². The van der Waals surface area contributed by atoms with Crippen molar-refractivity contribution in [3.8, 4) is 11.5 Å². The molecule has 152 valence electrons. The Hall–Kier alpha value is -3.13. The third-order valence-electron chi connectivity index (χ3n) is 4.05. The lowest BCUT2D eigenvalue weighted by Crippen LogP contribution is -2.47. The molecule has 0 saturated carbocycles. The molecule has 1 aromatic heterocycles. The molecule has 0 aliphatic heterocycles. The van der Waals surface area contributed by atoms with Crippen LogP contribution in [-0.2, 0) is 16.0 Å². The van der Waals surface area contributed by atoms with Gasteiger partial charge in [0.25, 0.3) is 5.91 Å². The SMILES string of the molecule is CCOc1ccc(O[C@@H](C)C(=O)NNC(=O)CCc2nc3ccccc3s2)cc1. The van der Waals surface area contributed by atoms with Gasteiger partial charge in [0, 0.05) is 12.8 Å². The molecule has 2 N–H and O–H groups in total. The van der Waals surface area contributed by atoms with Gasteiger partial charge in [0.15, 0.2) is 6.10 Å². The number of nitrogens with one attached hydrogen (secondary N) is 2. The molecule has 2 aromatic carbocycles. The standard InChI is InChI=1S/C21H23N3O4S/c1-3-27-15-8-10-16(11-9-15)28-14(2)21(26)24-23-19(25)12-13-20-22-17-6-4-5-7-18(17)29-20/h4-11,14H,3,12-13H2,1-2H3,(H,23,25)(H,24,26)/t14-/m0/s1. The van der Waals surface area contributed by atoms with Crippen molar-refractivity contribution in [1.82, 2.24) is 15.8 Å². The van der Waals surface area contributed by atoms with Gasteiger partial charge in [-0.25, -0.2) is 4.98 Å². The van der Waals surface area contributed by atoms with Crippen molar-refractivity contribution in [3.63, 3.8) is 0 Å². The zero-order chi connectivity index (χ0) is 20.6. The van der Waals surface area contributed by atoms with Crippen LogP contribution in [-0.4, -0.2) is 29.5 Å². The molecule has 3 rings (SSSR count). The number of thiazole rings is 1. The first-order valence-electron chi connectivity index (χ1n) is 9.38. The third-order valence-corrected chi connectivity index (χ3v) is 5.14. The van der Waals surface area contributed by atoms with Crippen LogP contribution in [0.3, 0.4) is 0 Å². The molecule has 0 saturated heterocycles. The van der Waals surface area contributed by atoms with Gasteiger partial charge in [-0.2, -0.15) is 0 Å². The topological polar surface area (TPSA) is 89.5 Å². The van der Waals surface area contributed by atoms with Crippen LogP contribution in [0.4, 0.5) is 0 Å². The van der Waals surface area contributed by atoms with Crippen LogP contribution >= 0.6 is 11.3 Å². The van der Waals surface area contributed by atoms with Crippen LogP contribution < -0.4 is 20.3 Å². The normalized spacial score (nSPS) is 11.7. The van der Waals surface area contributed by atoms with E-state index in [1.807, 2.05) is 31.2 Å². The Morgan fingerprint density at radius 2 is 1.79 bits per heavy atom. The Labute approximate surface area is 173 Å². The molecule has 1 heterocycles. The van der Waals surface area contributed by atoms with Gasteiger partial charge in [0.2, 0.25) is 5.91 Å². The molecule has 0 unspecified atom stereocenters. The summed E-state index contributed by atoms with van der Waals surface area (Å²) < 4.78 is 12.0. The minimum atomic E-state index is -0.766. The zero-order valence-electron chi connectivity index (χ0n) is 16.3. The number of amides is 2. The lowest BCUT2D eigenvalue weighted by Gasteiger charge is -2.15. The van der Waals surface area contributed by atoms with Crippen molar-refractivity contribution >= 4 is 33.4 Å². The average molecular weight is 413 g/mol. The number of para-hydroxylation sites is 1. The summed E-state index contributed by atoms with van der Waals surface area (Å²) in [6.07, 6.45) is -0.0226. The predicted octanol–water partition coefficient (Wildman–Crippen LogP) is 3.24. The van der Waals surface area contributed by atoms with Crippen LogP contribution in [0, 0.1) is 0 Å². The molecule has 0 aliphatic carbocycles. The molecule has 0 fully saturated rings. The first-order chi connectivity index (χ1) is 14.0. The quantitative estimate of drug-likeness (QED) is 0.554. The number of ether oxygens (including phenoxy) is 2. The van der Waals surface area contributed by atoms with E-state index in [9.17, 15) is 9.59 Å². The molecule has 8 heteroatoms. The highest BCUT2D eigenvalue weighted by Gasteiger charge is 2.16. The first kappa shape index (κ1) is 20.6. The number of benzene rings is 2. The number of fused-ring (bicyclic) bond motifs is 1. The molecule has 0 spiro atoms. The lowest BCUT2D eigenvalue weighted by atomic mass is 10.3. The van der Waals surface area contributed by atoms with E-state index >= 15 is 0 Å². The summed E-state index contributed by atoms with van der Waals surface area (Å²) >= 11 is 1.57. The Morgan fingerprint density at radius 1 is 1.07 bits per heavy atom. The van der Waals surface area contributed by atoms with E-state index in [0.29, 0.717) is 18.8 Å². The minimum Gasteiger partial charge on any atom is -0.494 e. The second kappa shape index (κ2) is 9.88. The maximum absolute atomic E-state index is 12.1. The van der Waals surface area contributed by atoms with Gasteiger partial charge in [-0.15, -0.1) is 11.3 Å². The van der Waals surface area contributed by atoms with Gasteiger partial charge in [0.1, 0.15) is 11.5 Å². The van der Waals surface area contributed by atoms with Crippen LogP contribution in [0.2, 0.25) is 0 Å². The maximum atomic E-state index is 12.1. The summed E-state index contributed by atoms with van der Waals surface area (Å²) in [4.78, 5) is 28.6. The number of nitrogens with zero attached hydrogens (tertiary/aromatic N) is 1. The van der Waals surface area contributed by atoms with Gasteiger partial charge in [0.05, 0.1) is 21.8 Å². The van der Waals surface area contributed by atoms with Crippen molar-refractivity contribution in [2.45, 2.75) is 32.8 Å². The predicted molar refractivity (Wildman–Crippen MR) is 112 cm³/mol. The molecular weight excluding hydrogens is 390 g/mol. The molecule has 2 amide bonds. The molecular formula is C21H23N3O4S. The molecule has 0 aliphatic rings. The van der Waals surface area contributed by atoms with E-state index in [-0.39, 0.29) is 12.3 Å². The second-order valence-electron chi connectivity index (χ2n) is 6.28. The van der Waals surface area contributed by atoms with Crippen molar-refractivity contribution < 1.29 is 19.1 Å². The van der Waals surface area contributed by atoms with E-state index in [2.05, 4.69) is 15.8 Å². The zero-order valence-corrected chi connectivity index (χ0v) is 17.1. The van der Waals surface area contributed by atoms with Gasteiger partial charge >= 0.3 is 0 Å². The van der Waals surface area contributed by atoms with Gasteiger partial charge in [-0.3, -0.25) is 20.4 Å². The van der Waals surface area contributed by atoms with E-state index in [1.165, 1.54) is 0 Å². The highest BCUT2D eigenvalue weighted by molar-refractivity contribution is 7.18. The monoisotopic (exact) mass is 413 g/mol. The second-order valence-corrected chi connectivity index (χ2v) is 7.39. The molecule has 0 radical (unpaired) electrons. The Bertz CT molecular complexity index is 938. The highest BCUT2D eigenvalue weighted by atomic mass is 32.1. The van der Waals surface area contributed by atoms with E-state index in [0.717, 1.165) is 21.0 Å². The van der Waals surface area contributed by atoms with Gasteiger partial charge < -0.3 is 9.47 Å². The number of hydrazine groups is 1. The highest BCUT2D eigenvalue weighted by Crippen LogP contribution is 2.22. The van der Waals surface area contributed by atoms with E-state index < -0.39 is 12.0 Å². The fraction of sp³-hybridized carbons (Fsp3) is 0.286. The van der Waals surface area contributed by atoms with Crippen molar-refractivity contribution in [3.05, 3.63) is 53.5 Å². The average Bonchev–Trinajstić information content (AvgIpc) is 3.15. The lowest BCUT2D eigenvalue weighted by molar-refractivity contribution is -0.132. The molecule has 3 aromatic rings. The first-order valence-corrected chi connectivity index (χ1v) is 10.2. The largest absolute Gasteiger partial charge is 0.494 e. The van der Waals surface area contributed by atoms with Crippen LogP contribution in [0.1, 0.15) is 25.3 Å². The van der Waals surface area contributed by atoms with Crippen molar-refractivity contribution in [1.29, 1.82) is 0 Å². The third kappa shape index (κ3) is 5.92. The van der Waals surface area contributed by atoms with Crippen molar-refractivity contribution in [2.75, 3.05) is 6.61 Å². The maximum Gasteiger partial charge on any atom is 0.279 e.